The van der Waals surface area contributed by atoms with E-state index in [4.69, 9.17) is 4.74 Å². The monoisotopic (exact) mass is 320 g/mol. The van der Waals surface area contributed by atoms with Gasteiger partial charge in [-0.25, -0.2) is 9.78 Å². The van der Waals surface area contributed by atoms with Crippen LogP contribution in [0.5, 0.6) is 0 Å². The van der Waals surface area contributed by atoms with Crippen molar-refractivity contribution in [2.45, 2.75) is 13.0 Å². The van der Waals surface area contributed by atoms with Gasteiger partial charge in [-0.3, -0.25) is 10.2 Å². The van der Waals surface area contributed by atoms with Crippen LogP contribution in [0.25, 0.3) is 10.2 Å². The molecule has 1 fully saturated rings. The summed E-state index contributed by atoms with van der Waals surface area (Å²) >= 11 is 1.48. The van der Waals surface area contributed by atoms with Crippen molar-refractivity contribution in [1.82, 2.24) is 15.2 Å². The molecule has 118 valence electrons. The van der Waals surface area contributed by atoms with Crippen LogP contribution in [0.1, 0.15) is 6.92 Å². The summed E-state index contributed by atoms with van der Waals surface area (Å²) in [5.74, 6) is 0. The number of hydrogen-bond acceptors (Lipinski definition) is 5. The lowest BCUT2D eigenvalue weighted by Crippen LogP contribution is -2.47. The number of hydrogen-bond donors (Lipinski definition) is 2. The smallest absolute Gasteiger partial charge is 0.321 e. The Morgan fingerprint density at radius 2 is 2.18 bits per heavy atom. The third-order valence-electron chi connectivity index (χ3n) is 3.53. The van der Waals surface area contributed by atoms with Crippen molar-refractivity contribution in [2.24, 2.45) is 0 Å². The van der Waals surface area contributed by atoms with Crippen molar-refractivity contribution in [3.8, 4) is 0 Å². The van der Waals surface area contributed by atoms with Crippen LogP contribution in [0.3, 0.4) is 0 Å². The van der Waals surface area contributed by atoms with E-state index in [-0.39, 0.29) is 12.1 Å². The van der Waals surface area contributed by atoms with Crippen molar-refractivity contribution in [3.05, 3.63) is 24.3 Å². The molecule has 1 saturated heterocycles. The van der Waals surface area contributed by atoms with Crippen molar-refractivity contribution < 1.29 is 9.53 Å². The number of aromatic nitrogens is 1. The Bertz CT molecular complexity index is 606. The van der Waals surface area contributed by atoms with Crippen LogP contribution in [0.2, 0.25) is 0 Å². The van der Waals surface area contributed by atoms with Gasteiger partial charge in [-0.1, -0.05) is 23.5 Å². The molecule has 2 aromatic rings. The Labute approximate surface area is 133 Å². The van der Waals surface area contributed by atoms with Gasteiger partial charge in [-0.2, -0.15) is 0 Å². The second-order valence-electron chi connectivity index (χ2n) is 5.40. The SMILES string of the molecule is CC(CN1CCOCC1)NC(=O)Nc1nc2ccccc2s1. The van der Waals surface area contributed by atoms with Gasteiger partial charge in [0.1, 0.15) is 0 Å². The van der Waals surface area contributed by atoms with E-state index in [9.17, 15) is 4.79 Å². The van der Waals surface area contributed by atoms with E-state index in [0.717, 1.165) is 43.1 Å². The number of fused-ring (bicyclic) bond motifs is 1. The molecule has 2 N–H and O–H groups in total. The minimum absolute atomic E-state index is 0.0764. The molecule has 22 heavy (non-hydrogen) atoms. The number of morpholine rings is 1. The predicted molar refractivity (Wildman–Crippen MR) is 88.5 cm³/mol. The van der Waals surface area contributed by atoms with Crippen LogP contribution < -0.4 is 10.6 Å². The van der Waals surface area contributed by atoms with Gasteiger partial charge in [-0.15, -0.1) is 0 Å². The molecule has 0 spiro atoms. The van der Waals surface area contributed by atoms with Crippen molar-refractivity contribution in [3.63, 3.8) is 0 Å². The minimum atomic E-state index is -0.209. The lowest BCUT2D eigenvalue weighted by molar-refractivity contribution is 0.0350. The van der Waals surface area contributed by atoms with Crippen molar-refractivity contribution >= 4 is 32.7 Å². The molecule has 1 atom stereocenters. The Morgan fingerprint density at radius 3 is 2.95 bits per heavy atom. The fourth-order valence-corrected chi connectivity index (χ4v) is 3.36. The molecular formula is C15H20N4O2S. The second-order valence-corrected chi connectivity index (χ2v) is 6.43. The number of amides is 2. The highest BCUT2D eigenvalue weighted by Gasteiger charge is 2.15. The normalized spacial score (nSPS) is 17.3. The van der Waals surface area contributed by atoms with E-state index in [1.807, 2.05) is 31.2 Å². The Hall–Kier alpha value is -1.70. The van der Waals surface area contributed by atoms with E-state index in [1.54, 1.807) is 0 Å². The fourth-order valence-electron chi connectivity index (χ4n) is 2.50. The number of nitrogens with one attached hydrogen (secondary N) is 2. The number of ether oxygens (including phenoxy) is 1. The number of benzene rings is 1. The number of para-hydroxylation sites is 1. The van der Waals surface area contributed by atoms with Crippen LogP contribution >= 0.6 is 11.3 Å². The number of carbonyl (C=O) groups is 1. The molecule has 7 heteroatoms. The van der Waals surface area contributed by atoms with Crippen molar-refractivity contribution in [1.29, 1.82) is 0 Å². The van der Waals surface area contributed by atoms with Crippen LogP contribution in [0.4, 0.5) is 9.93 Å². The van der Waals surface area contributed by atoms with Gasteiger partial charge in [0.05, 0.1) is 23.4 Å². The average molecular weight is 320 g/mol. The highest BCUT2D eigenvalue weighted by Crippen LogP contribution is 2.25. The van der Waals surface area contributed by atoms with E-state index in [1.165, 1.54) is 11.3 Å². The summed E-state index contributed by atoms with van der Waals surface area (Å²) in [6.45, 7) is 6.22. The molecular weight excluding hydrogens is 300 g/mol. The zero-order chi connectivity index (χ0) is 15.4. The van der Waals surface area contributed by atoms with Gasteiger partial charge < -0.3 is 10.1 Å². The molecule has 0 bridgehead atoms. The van der Waals surface area contributed by atoms with Gasteiger partial charge in [-0.05, 0) is 19.1 Å². The third kappa shape index (κ3) is 3.94. The highest BCUT2D eigenvalue weighted by molar-refractivity contribution is 7.22. The lowest BCUT2D eigenvalue weighted by Gasteiger charge is -2.29. The number of thiazole rings is 1. The van der Waals surface area contributed by atoms with Gasteiger partial charge in [0.25, 0.3) is 0 Å². The summed E-state index contributed by atoms with van der Waals surface area (Å²) in [6.07, 6.45) is 0. The van der Waals surface area contributed by atoms with Gasteiger partial charge >= 0.3 is 6.03 Å². The maximum atomic E-state index is 12.0. The Balaban J connectivity index is 1.50. The topological polar surface area (TPSA) is 66.5 Å². The fraction of sp³-hybridized carbons (Fsp3) is 0.467. The Morgan fingerprint density at radius 1 is 1.41 bits per heavy atom. The zero-order valence-electron chi connectivity index (χ0n) is 12.5. The van der Waals surface area contributed by atoms with Crippen LogP contribution in [0.15, 0.2) is 24.3 Å². The summed E-state index contributed by atoms with van der Waals surface area (Å²) in [7, 11) is 0. The van der Waals surface area contributed by atoms with Crippen LogP contribution in [-0.2, 0) is 4.74 Å². The molecule has 1 aliphatic rings. The number of carbonyl (C=O) groups excluding carboxylic acids is 1. The average Bonchev–Trinajstić information content (AvgIpc) is 2.89. The molecule has 1 aliphatic heterocycles. The van der Waals surface area contributed by atoms with Gasteiger partial charge in [0, 0.05) is 25.7 Å². The zero-order valence-corrected chi connectivity index (χ0v) is 13.4. The first-order chi connectivity index (χ1) is 10.7. The summed E-state index contributed by atoms with van der Waals surface area (Å²) in [5.41, 5.74) is 0.907. The molecule has 1 aromatic carbocycles. The van der Waals surface area contributed by atoms with E-state index in [0.29, 0.717) is 5.13 Å². The largest absolute Gasteiger partial charge is 0.379 e. The molecule has 1 aromatic heterocycles. The third-order valence-corrected chi connectivity index (χ3v) is 4.48. The molecule has 0 saturated carbocycles. The molecule has 3 rings (SSSR count). The standard InChI is InChI=1S/C15H20N4O2S/c1-11(10-19-6-8-21-9-7-19)16-14(20)18-15-17-12-4-2-3-5-13(12)22-15/h2-5,11H,6-10H2,1H3,(H2,16,17,18,20). The number of anilines is 1. The second kappa shape index (κ2) is 7.04. The molecule has 0 aliphatic carbocycles. The molecule has 1 unspecified atom stereocenters. The summed E-state index contributed by atoms with van der Waals surface area (Å²) in [4.78, 5) is 18.7. The first-order valence-corrected chi connectivity index (χ1v) is 8.25. The number of nitrogens with zero attached hydrogens (tertiary/aromatic N) is 2. The summed E-state index contributed by atoms with van der Waals surface area (Å²) in [6, 6.07) is 7.71. The molecule has 2 heterocycles. The van der Waals surface area contributed by atoms with E-state index in [2.05, 4.69) is 20.5 Å². The van der Waals surface area contributed by atoms with E-state index >= 15 is 0 Å². The molecule has 0 radical (unpaired) electrons. The minimum Gasteiger partial charge on any atom is -0.379 e. The van der Waals surface area contributed by atoms with Crippen LogP contribution in [-0.4, -0.2) is 54.8 Å². The lowest BCUT2D eigenvalue weighted by atomic mass is 10.3. The first-order valence-electron chi connectivity index (χ1n) is 7.44. The number of urea groups is 1. The quantitative estimate of drug-likeness (QED) is 0.906. The summed E-state index contributed by atoms with van der Waals surface area (Å²) in [5, 5.41) is 6.39. The van der Waals surface area contributed by atoms with E-state index < -0.39 is 0 Å². The Kier molecular flexibility index (Phi) is 4.87. The maximum absolute atomic E-state index is 12.0. The van der Waals surface area contributed by atoms with Gasteiger partial charge in [0.2, 0.25) is 0 Å². The maximum Gasteiger partial charge on any atom is 0.321 e. The van der Waals surface area contributed by atoms with Gasteiger partial charge in [0.15, 0.2) is 5.13 Å². The molecule has 2 amide bonds. The first kappa shape index (κ1) is 15.2. The number of rotatable bonds is 4. The summed E-state index contributed by atoms with van der Waals surface area (Å²) < 4.78 is 6.39. The highest BCUT2D eigenvalue weighted by atomic mass is 32.1. The van der Waals surface area contributed by atoms with Crippen LogP contribution in [0, 0.1) is 0 Å². The molecule has 6 nitrogen and oxygen atoms in total. The van der Waals surface area contributed by atoms with Crippen molar-refractivity contribution in [2.75, 3.05) is 38.2 Å². The predicted octanol–water partition coefficient (Wildman–Crippen LogP) is 2.14.